The Balaban J connectivity index is 0. The van der Waals surface area contributed by atoms with Crippen LogP contribution >= 0.6 is 7.92 Å². The maximum atomic E-state index is 9.57. The molecule has 0 aromatic rings. The highest BCUT2D eigenvalue weighted by Crippen LogP contribution is 2.38. The second kappa shape index (κ2) is 19.9. The molecule has 1 atom stereocenters. The van der Waals surface area contributed by atoms with E-state index in [9.17, 15) is 4.79 Å². The summed E-state index contributed by atoms with van der Waals surface area (Å²) in [6.07, 6.45) is 14.6. The highest BCUT2D eigenvalue weighted by Gasteiger charge is 2.05. The van der Waals surface area contributed by atoms with E-state index < -0.39 is 12.0 Å². The minimum absolute atomic E-state index is 0.422. The van der Waals surface area contributed by atoms with Gasteiger partial charge in [-0.05, 0) is 64.2 Å². The third-order valence-electron chi connectivity index (χ3n) is 3.58. The molecule has 140 valence electrons. The summed E-state index contributed by atoms with van der Waals surface area (Å²) in [5.74, 6) is -0.963. The largest absolute Gasteiger partial charge is 0.480 e. The Labute approximate surface area is 145 Å². The van der Waals surface area contributed by atoms with Crippen molar-refractivity contribution in [3.05, 3.63) is 0 Å². The Morgan fingerprint density at radius 3 is 1.43 bits per heavy atom. The molecule has 23 heavy (non-hydrogen) atoms. The van der Waals surface area contributed by atoms with Gasteiger partial charge < -0.3 is 16.2 Å². The molecular weight excluding hydrogens is 307 g/mol. The van der Waals surface area contributed by atoms with Gasteiger partial charge in [0.1, 0.15) is 6.04 Å². The van der Waals surface area contributed by atoms with E-state index in [1.807, 2.05) is 0 Å². The van der Waals surface area contributed by atoms with E-state index in [2.05, 4.69) is 26.1 Å². The predicted octanol–water partition coefficient (Wildman–Crippen LogP) is 4.27. The van der Waals surface area contributed by atoms with Crippen LogP contribution in [-0.2, 0) is 4.79 Å². The first-order valence-electron chi connectivity index (χ1n) is 9.40. The number of rotatable bonds is 10. The van der Waals surface area contributed by atoms with E-state index >= 15 is 0 Å². The number of hydrogen-bond donors (Lipinski definition) is 3. The second-order valence-corrected chi connectivity index (χ2v) is 8.82. The van der Waals surface area contributed by atoms with Crippen LogP contribution in [0.25, 0.3) is 0 Å². The van der Waals surface area contributed by atoms with Crippen molar-refractivity contribution in [1.29, 1.82) is 0 Å². The SMILES string of the molecule is C1CNC1.CC(N)C(=O)O.CCCCP(CCCC)CCCC. The molecule has 4 N–H and O–H groups in total. The molecule has 1 aliphatic rings. The summed E-state index contributed by atoms with van der Waals surface area (Å²) in [5, 5.41) is 11.0. The van der Waals surface area contributed by atoms with Crippen LogP contribution in [0.5, 0.6) is 0 Å². The van der Waals surface area contributed by atoms with Gasteiger partial charge in [0.25, 0.3) is 0 Å². The summed E-state index contributed by atoms with van der Waals surface area (Å²) in [4.78, 5) is 9.57. The number of nitrogens with two attached hydrogens (primary N) is 1. The van der Waals surface area contributed by atoms with E-state index in [0.717, 1.165) is 0 Å². The topological polar surface area (TPSA) is 75.3 Å². The zero-order chi connectivity index (χ0) is 17.9. The van der Waals surface area contributed by atoms with E-state index in [0.29, 0.717) is 7.92 Å². The average molecular weight is 349 g/mol. The zero-order valence-corrected chi connectivity index (χ0v) is 16.8. The van der Waals surface area contributed by atoms with E-state index in [-0.39, 0.29) is 0 Å². The van der Waals surface area contributed by atoms with Crippen molar-refractivity contribution >= 4 is 13.9 Å². The molecule has 0 aromatic heterocycles. The fourth-order valence-electron chi connectivity index (χ4n) is 1.66. The molecule has 0 amide bonds. The van der Waals surface area contributed by atoms with Crippen molar-refractivity contribution in [1.82, 2.24) is 5.32 Å². The fourth-order valence-corrected chi connectivity index (χ4v) is 4.62. The van der Waals surface area contributed by atoms with Crippen LogP contribution in [0.1, 0.15) is 72.6 Å². The molecule has 1 aliphatic heterocycles. The van der Waals surface area contributed by atoms with Crippen LogP contribution in [0.2, 0.25) is 0 Å². The minimum atomic E-state index is -0.963. The number of nitrogens with one attached hydrogen (secondary N) is 1. The highest BCUT2D eigenvalue weighted by atomic mass is 31.1. The lowest BCUT2D eigenvalue weighted by Gasteiger charge is -2.16. The van der Waals surface area contributed by atoms with Crippen LogP contribution in [0, 0.1) is 0 Å². The Hall–Kier alpha value is -0.180. The quantitative estimate of drug-likeness (QED) is 0.515. The Kier molecular flexibility index (Phi) is 21.6. The lowest BCUT2D eigenvalue weighted by molar-refractivity contribution is -0.138. The Morgan fingerprint density at radius 2 is 1.30 bits per heavy atom. The Bertz CT molecular complexity index is 224. The summed E-state index contributed by atoms with van der Waals surface area (Å²) in [7, 11) is 0.422. The van der Waals surface area contributed by atoms with Gasteiger partial charge >= 0.3 is 5.97 Å². The van der Waals surface area contributed by atoms with Gasteiger partial charge in [-0.2, -0.15) is 0 Å². The molecule has 1 fully saturated rings. The van der Waals surface area contributed by atoms with Crippen LogP contribution in [0.4, 0.5) is 0 Å². The van der Waals surface area contributed by atoms with E-state index in [1.165, 1.54) is 65.0 Å². The van der Waals surface area contributed by atoms with Crippen molar-refractivity contribution < 1.29 is 9.90 Å². The molecule has 0 spiro atoms. The lowest BCUT2D eigenvalue weighted by Crippen LogP contribution is -2.29. The molecule has 0 bridgehead atoms. The normalized spacial score (nSPS) is 14.0. The molecule has 1 rings (SSSR count). The zero-order valence-electron chi connectivity index (χ0n) is 15.9. The molecule has 1 heterocycles. The van der Waals surface area contributed by atoms with Crippen LogP contribution in [0.3, 0.4) is 0 Å². The van der Waals surface area contributed by atoms with Gasteiger partial charge in [0.05, 0.1) is 0 Å². The van der Waals surface area contributed by atoms with E-state index in [1.54, 1.807) is 18.5 Å². The van der Waals surface area contributed by atoms with Crippen molar-refractivity contribution in [2.45, 2.75) is 78.7 Å². The standard InChI is InChI=1S/C12H27P.C3H7NO2.C3H7N/c1-4-7-10-13(11-8-5-2)12-9-6-3;1-2(4)3(5)6;1-2-4-3-1/h4-12H2,1-3H3;2H,4H2,1H3,(H,5,6);4H,1-3H2. The highest BCUT2D eigenvalue weighted by molar-refractivity contribution is 7.57. The van der Waals surface area contributed by atoms with Crippen LogP contribution < -0.4 is 11.1 Å². The monoisotopic (exact) mass is 348 g/mol. The molecule has 1 unspecified atom stereocenters. The maximum absolute atomic E-state index is 9.57. The second-order valence-electron chi connectivity index (χ2n) is 6.13. The van der Waals surface area contributed by atoms with Gasteiger partial charge in [-0.15, -0.1) is 7.92 Å². The fraction of sp³-hybridized carbons (Fsp3) is 0.944. The number of aliphatic carboxylic acids is 1. The summed E-state index contributed by atoms with van der Waals surface area (Å²) in [6, 6.07) is -0.731. The van der Waals surface area contributed by atoms with Gasteiger partial charge in [0.2, 0.25) is 0 Å². The van der Waals surface area contributed by atoms with Crippen molar-refractivity contribution in [2.75, 3.05) is 31.6 Å². The molecule has 4 nitrogen and oxygen atoms in total. The van der Waals surface area contributed by atoms with Gasteiger partial charge in [-0.1, -0.05) is 40.0 Å². The summed E-state index contributed by atoms with van der Waals surface area (Å²) < 4.78 is 0. The smallest absolute Gasteiger partial charge is 0.320 e. The van der Waals surface area contributed by atoms with Crippen molar-refractivity contribution in [3.63, 3.8) is 0 Å². The molecule has 0 aliphatic carbocycles. The van der Waals surface area contributed by atoms with Crippen molar-refractivity contribution in [2.24, 2.45) is 5.73 Å². The number of hydrogen-bond acceptors (Lipinski definition) is 3. The minimum Gasteiger partial charge on any atom is -0.480 e. The first-order valence-corrected chi connectivity index (χ1v) is 11.3. The number of unbranched alkanes of at least 4 members (excludes halogenated alkanes) is 3. The summed E-state index contributed by atoms with van der Waals surface area (Å²) in [5.41, 5.74) is 4.84. The predicted molar refractivity (Wildman–Crippen MR) is 105 cm³/mol. The number of carbonyl (C=O) groups is 1. The van der Waals surface area contributed by atoms with Gasteiger partial charge in [0.15, 0.2) is 0 Å². The molecular formula is C18H41N2O2P. The first-order chi connectivity index (χ1) is 11.0. The molecule has 1 saturated heterocycles. The average Bonchev–Trinajstić information content (AvgIpc) is 2.45. The third-order valence-corrected chi connectivity index (χ3v) is 6.43. The molecule has 0 saturated carbocycles. The molecule has 5 heteroatoms. The van der Waals surface area contributed by atoms with Gasteiger partial charge in [-0.3, -0.25) is 4.79 Å². The Morgan fingerprint density at radius 1 is 1.04 bits per heavy atom. The number of carboxylic acids is 1. The maximum Gasteiger partial charge on any atom is 0.320 e. The lowest BCUT2D eigenvalue weighted by atomic mass is 10.3. The summed E-state index contributed by atoms with van der Waals surface area (Å²) >= 11 is 0. The van der Waals surface area contributed by atoms with Crippen LogP contribution in [0.15, 0.2) is 0 Å². The number of carboxylic acid groups (broad SMARTS) is 1. The first kappa shape index (κ1) is 25.1. The van der Waals surface area contributed by atoms with Gasteiger partial charge in [-0.25, -0.2) is 0 Å². The van der Waals surface area contributed by atoms with Gasteiger partial charge in [0, 0.05) is 0 Å². The van der Waals surface area contributed by atoms with Crippen molar-refractivity contribution in [3.8, 4) is 0 Å². The van der Waals surface area contributed by atoms with Crippen LogP contribution in [-0.4, -0.2) is 48.7 Å². The molecule has 0 aromatic carbocycles. The molecule has 0 radical (unpaired) electrons. The third kappa shape index (κ3) is 21.8. The summed E-state index contributed by atoms with van der Waals surface area (Å²) in [6.45, 7) is 10.9. The van der Waals surface area contributed by atoms with E-state index in [4.69, 9.17) is 10.8 Å².